The number of fused-ring (bicyclic) bond motifs is 3. The van der Waals surface area contributed by atoms with Gasteiger partial charge in [0, 0.05) is 52.2 Å². The molecule has 2 fully saturated rings. The molecule has 0 radical (unpaired) electrons. The highest BCUT2D eigenvalue weighted by Gasteiger charge is 2.34. The molecule has 3 aliphatic heterocycles. The second-order valence-electron chi connectivity index (χ2n) is 9.50. The number of ether oxygens (including phenoxy) is 3. The Balaban J connectivity index is 1.02. The summed E-state index contributed by atoms with van der Waals surface area (Å²) < 4.78 is 45.6. The van der Waals surface area contributed by atoms with E-state index in [4.69, 9.17) is 19.5 Å². The van der Waals surface area contributed by atoms with Gasteiger partial charge in [-0.3, -0.25) is 9.80 Å². The van der Waals surface area contributed by atoms with Crippen LogP contribution >= 0.6 is 0 Å². The number of nitrogens with zero attached hydrogens (tertiary/aromatic N) is 3. The molecule has 1 N–H and O–H groups in total. The predicted molar refractivity (Wildman–Crippen MR) is 134 cm³/mol. The van der Waals surface area contributed by atoms with Gasteiger partial charge in [0.1, 0.15) is 11.5 Å². The predicted octanol–water partition coefficient (Wildman–Crippen LogP) is 1.63. The number of rotatable bonds is 10. The van der Waals surface area contributed by atoms with Crippen LogP contribution in [0.3, 0.4) is 0 Å². The number of hydrogen-bond donors (Lipinski definition) is 1. The molecule has 2 aromatic carbocycles. The fourth-order valence-corrected chi connectivity index (χ4v) is 6.15. The Hall–Kier alpha value is -2.68. The van der Waals surface area contributed by atoms with E-state index >= 15 is 0 Å². The van der Waals surface area contributed by atoms with Crippen LogP contribution in [0, 0.1) is 11.3 Å². The van der Waals surface area contributed by atoms with Gasteiger partial charge in [-0.15, -0.1) is 0 Å². The Morgan fingerprint density at radius 3 is 2.47 bits per heavy atom. The lowest BCUT2D eigenvalue weighted by Gasteiger charge is -2.45. The molecule has 3 aliphatic rings. The summed E-state index contributed by atoms with van der Waals surface area (Å²) in [5.41, 5.74) is 1.58. The van der Waals surface area contributed by atoms with Crippen LogP contribution in [-0.2, 0) is 21.2 Å². The molecule has 2 unspecified atom stereocenters. The molecule has 2 saturated heterocycles. The molecule has 2 aromatic rings. The molecule has 0 aliphatic carbocycles. The summed E-state index contributed by atoms with van der Waals surface area (Å²) in [7, 11) is -3.54. The third-order valence-electron chi connectivity index (χ3n) is 6.79. The Labute approximate surface area is 212 Å². The summed E-state index contributed by atoms with van der Waals surface area (Å²) in [4.78, 5) is 5.02. The van der Waals surface area contributed by atoms with Crippen LogP contribution < -0.4 is 14.2 Å². The molecule has 9 nitrogen and oxygen atoms in total. The van der Waals surface area contributed by atoms with Crippen molar-refractivity contribution in [1.82, 2.24) is 14.5 Å². The Bertz CT molecular complexity index is 1180. The molecule has 3 heterocycles. The maximum atomic E-state index is 12.7. The highest BCUT2D eigenvalue weighted by Crippen LogP contribution is 2.27. The van der Waals surface area contributed by atoms with Crippen molar-refractivity contribution in [3.05, 3.63) is 53.6 Å². The minimum Gasteiger partial charge on any atom is -0.494 e. The van der Waals surface area contributed by atoms with Gasteiger partial charge in [0.2, 0.25) is 10.0 Å². The zero-order chi connectivity index (χ0) is 25.0. The van der Waals surface area contributed by atoms with Gasteiger partial charge < -0.3 is 14.2 Å². The molecule has 5 rings (SSSR count). The van der Waals surface area contributed by atoms with Gasteiger partial charge in [0.15, 0.2) is 0 Å². The summed E-state index contributed by atoms with van der Waals surface area (Å²) in [5.74, 6) is 1.56. The maximum absolute atomic E-state index is 12.7. The summed E-state index contributed by atoms with van der Waals surface area (Å²) >= 11 is 0. The van der Waals surface area contributed by atoms with Crippen molar-refractivity contribution in [3.8, 4) is 17.6 Å². The molecular formula is C26H32N4O5S. The zero-order valence-electron chi connectivity index (χ0n) is 20.3. The topological polar surface area (TPSA) is 104 Å². The highest BCUT2D eigenvalue weighted by molar-refractivity contribution is 7.89. The first-order valence-corrected chi connectivity index (χ1v) is 14.0. The fourth-order valence-electron chi connectivity index (χ4n) is 5.08. The molecule has 2 atom stereocenters. The van der Waals surface area contributed by atoms with E-state index in [-0.39, 0.29) is 12.2 Å². The minimum atomic E-state index is -3.54. The van der Waals surface area contributed by atoms with Gasteiger partial charge in [-0.2, -0.15) is 5.26 Å². The quantitative estimate of drug-likeness (QED) is 0.479. The largest absolute Gasteiger partial charge is 0.494 e. The SMILES string of the molecule is N#Cc1ccc(OCCCN2CC3CN(CCNS(=O)(=O)c4ccc5c(c4)CCO5)CC(C2)O3)cc1. The van der Waals surface area contributed by atoms with Crippen molar-refractivity contribution in [2.45, 2.75) is 29.9 Å². The van der Waals surface area contributed by atoms with Crippen molar-refractivity contribution >= 4 is 10.0 Å². The lowest BCUT2D eigenvalue weighted by Crippen LogP contribution is -2.60. The third kappa shape index (κ3) is 6.17. The van der Waals surface area contributed by atoms with Crippen LogP contribution in [0.4, 0.5) is 0 Å². The second kappa shape index (κ2) is 11.2. The van der Waals surface area contributed by atoms with Crippen LogP contribution in [-0.4, -0.2) is 89.5 Å². The van der Waals surface area contributed by atoms with E-state index < -0.39 is 10.0 Å². The van der Waals surface area contributed by atoms with E-state index in [1.165, 1.54) is 0 Å². The second-order valence-corrected chi connectivity index (χ2v) is 11.3. The van der Waals surface area contributed by atoms with Gasteiger partial charge >= 0.3 is 0 Å². The average molecular weight is 513 g/mol. The first-order valence-electron chi connectivity index (χ1n) is 12.5. The monoisotopic (exact) mass is 512 g/mol. The van der Waals surface area contributed by atoms with Crippen molar-refractivity contribution in [2.24, 2.45) is 0 Å². The van der Waals surface area contributed by atoms with Crippen LogP contribution in [0.15, 0.2) is 47.4 Å². The molecule has 0 saturated carbocycles. The van der Waals surface area contributed by atoms with E-state index in [2.05, 4.69) is 20.6 Å². The summed E-state index contributed by atoms with van der Waals surface area (Å²) in [6, 6.07) is 14.3. The number of morpholine rings is 2. The normalized spacial score (nSPS) is 22.0. The molecule has 0 amide bonds. The van der Waals surface area contributed by atoms with Crippen molar-refractivity contribution < 1.29 is 22.6 Å². The molecule has 36 heavy (non-hydrogen) atoms. The van der Waals surface area contributed by atoms with Gasteiger partial charge in [0.25, 0.3) is 0 Å². The lowest BCUT2D eigenvalue weighted by atomic mass is 10.1. The molecule has 0 spiro atoms. The standard InChI is InChI=1S/C26H32N4O5S/c27-15-20-2-4-22(5-3-20)33-12-1-10-29-16-23-18-30(19-24(17-29)35-23)11-9-28-36(31,32)25-6-7-26-21(14-25)8-13-34-26/h2-7,14,23-24,28H,1,8-13,16-19H2. The molecule has 0 aromatic heterocycles. The summed E-state index contributed by atoms with van der Waals surface area (Å²) in [5, 5.41) is 8.87. The van der Waals surface area contributed by atoms with Crippen LogP contribution in [0.1, 0.15) is 17.5 Å². The number of benzene rings is 2. The average Bonchev–Trinajstić information content (AvgIpc) is 3.35. The maximum Gasteiger partial charge on any atom is 0.240 e. The zero-order valence-corrected chi connectivity index (χ0v) is 21.1. The van der Waals surface area contributed by atoms with Gasteiger partial charge in [0.05, 0.1) is 41.9 Å². The van der Waals surface area contributed by atoms with Gasteiger partial charge in [-0.25, -0.2) is 13.1 Å². The van der Waals surface area contributed by atoms with Gasteiger partial charge in [-0.1, -0.05) is 0 Å². The first-order chi connectivity index (χ1) is 17.5. The molecule has 192 valence electrons. The van der Waals surface area contributed by atoms with E-state index in [9.17, 15) is 8.42 Å². The Morgan fingerprint density at radius 2 is 1.75 bits per heavy atom. The molecule has 10 heteroatoms. The van der Waals surface area contributed by atoms with Crippen LogP contribution in [0.5, 0.6) is 11.5 Å². The number of hydrogen-bond acceptors (Lipinski definition) is 8. The van der Waals surface area contributed by atoms with Gasteiger partial charge in [-0.05, 0) is 54.4 Å². The Morgan fingerprint density at radius 1 is 1.03 bits per heavy atom. The number of nitriles is 1. The van der Waals surface area contributed by atoms with E-state index in [1.54, 1.807) is 30.3 Å². The molecular weight excluding hydrogens is 480 g/mol. The fraction of sp³-hybridized carbons (Fsp3) is 0.500. The van der Waals surface area contributed by atoms with E-state index in [0.29, 0.717) is 36.8 Å². The number of sulfonamides is 1. The Kier molecular flexibility index (Phi) is 7.74. The van der Waals surface area contributed by atoms with Crippen molar-refractivity contribution in [2.75, 3.05) is 59.0 Å². The first kappa shape index (κ1) is 25.0. The number of nitrogens with one attached hydrogen (secondary N) is 1. The smallest absolute Gasteiger partial charge is 0.240 e. The van der Waals surface area contributed by atoms with E-state index in [1.807, 2.05) is 12.1 Å². The third-order valence-corrected chi connectivity index (χ3v) is 8.25. The van der Waals surface area contributed by atoms with Crippen molar-refractivity contribution in [1.29, 1.82) is 5.26 Å². The summed E-state index contributed by atoms with van der Waals surface area (Å²) in [6.07, 6.45) is 1.92. The van der Waals surface area contributed by atoms with Crippen molar-refractivity contribution in [3.63, 3.8) is 0 Å². The van der Waals surface area contributed by atoms with Crippen LogP contribution in [0.25, 0.3) is 0 Å². The summed E-state index contributed by atoms with van der Waals surface area (Å²) in [6.45, 7) is 6.53. The molecule has 2 bridgehead atoms. The van der Waals surface area contributed by atoms with E-state index in [0.717, 1.165) is 62.6 Å². The minimum absolute atomic E-state index is 0.130. The lowest BCUT2D eigenvalue weighted by molar-refractivity contribution is -0.138. The highest BCUT2D eigenvalue weighted by atomic mass is 32.2. The van der Waals surface area contributed by atoms with Crippen LogP contribution in [0.2, 0.25) is 0 Å².